The summed E-state index contributed by atoms with van der Waals surface area (Å²) in [5, 5.41) is 3.19. The number of aryl methyl sites for hydroxylation is 1. The number of fused-ring (bicyclic) bond motifs is 1. The highest BCUT2D eigenvalue weighted by atomic mass is 32.2. The Bertz CT molecular complexity index is 1430. The van der Waals surface area contributed by atoms with Gasteiger partial charge in [-0.2, -0.15) is 13.2 Å². The van der Waals surface area contributed by atoms with E-state index in [1.54, 1.807) is 0 Å². The molecule has 35 heavy (non-hydrogen) atoms. The van der Waals surface area contributed by atoms with E-state index in [-0.39, 0.29) is 46.4 Å². The van der Waals surface area contributed by atoms with Crippen LogP contribution < -0.4 is 10.9 Å². The van der Waals surface area contributed by atoms with Crippen molar-refractivity contribution in [3.05, 3.63) is 39.9 Å². The van der Waals surface area contributed by atoms with Crippen LogP contribution in [0.2, 0.25) is 0 Å². The lowest BCUT2D eigenvalue weighted by atomic mass is 10.2. The molecule has 13 heteroatoms. The van der Waals surface area contributed by atoms with Crippen LogP contribution in [0.25, 0.3) is 22.6 Å². The van der Waals surface area contributed by atoms with Crippen molar-refractivity contribution in [3.63, 3.8) is 0 Å². The van der Waals surface area contributed by atoms with Crippen molar-refractivity contribution in [2.75, 3.05) is 12.5 Å². The minimum absolute atomic E-state index is 0.0195. The summed E-state index contributed by atoms with van der Waals surface area (Å²) in [4.78, 5) is 21.3. The zero-order valence-corrected chi connectivity index (χ0v) is 20.3. The van der Waals surface area contributed by atoms with Crippen LogP contribution in [0.1, 0.15) is 37.9 Å². The highest BCUT2D eigenvalue weighted by Crippen LogP contribution is 2.32. The fourth-order valence-electron chi connectivity index (χ4n) is 3.84. The van der Waals surface area contributed by atoms with E-state index in [9.17, 15) is 26.4 Å². The zero-order valence-electron chi connectivity index (χ0n) is 19.5. The first-order chi connectivity index (χ1) is 16.5. The van der Waals surface area contributed by atoms with Crippen LogP contribution in [0.3, 0.4) is 0 Å². The summed E-state index contributed by atoms with van der Waals surface area (Å²) in [5.41, 5.74) is -1.78. The second-order valence-corrected chi connectivity index (χ2v) is 10.6. The zero-order chi connectivity index (χ0) is 25.5. The van der Waals surface area contributed by atoms with Gasteiger partial charge in [0.1, 0.15) is 16.9 Å². The second kappa shape index (κ2) is 9.36. The topological polar surface area (TPSA) is 108 Å². The number of ether oxygens (including phenoxy) is 1. The van der Waals surface area contributed by atoms with Crippen LogP contribution in [-0.2, 0) is 40.9 Å². The Hall–Kier alpha value is -2.77. The SMILES string of the molecule is CCn1c(C(F)(F)F)cc2nc(-c3ncc(COCNC4CC4)cc3S(=O)(=O)CC)n(C)c2c1=O. The number of sulfone groups is 1. The molecule has 1 fully saturated rings. The molecule has 0 spiro atoms. The van der Waals surface area contributed by atoms with Crippen LogP contribution in [0.15, 0.2) is 28.0 Å². The minimum atomic E-state index is -4.76. The van der Waals surface area contributed by atoms with Crippen molar-refractivity contribution in [2.45, 2.75) is 57.0 Å². The number of imidazole rings is 1. The molecule has 9 nitrogen and oxygen atoms in total. The quantitative estimate of drug-likeness (QED) is 0.346. The van der Waals surface area contributed by atoms with Gasteiger partial charge in [-0.1, -0.05) is 6.92 Å². The van der Waals surface area contributed by atoms with E-state index in [1.807, 2.05) is 0 Å². The molecule has 0 amide bonds. The molecular formula is C22H26F3N5O4S. The van der Waals surface area contributed by atoms with Gasteiger partial charge < -0.3 is 13.9 Å². The number of rotatable bonds is 9. The first-order valence-corrected chi connectivity index (χ1v) is 12.8. The van der Waals surface area contributed by atoms with Crippen LogP contribution in [0.4, 0.5) is 13.2 Å². The Labute approximate surface area is 199 Å². The third-order valence-corrected chi connectivity index (χ3v) is 7.64. The number of nitrogens with zero attached hydrogens (tertiary/aromatic N) is 4. The molecule has 0 aromatic carbocycles. The van der Waals surface area contributed by atoms with Crippen molar-refractivity contribution in [1.29, 1.82) is 0 Å². The Balaban J connectivity index is 1.82. The summed E-state index contributed by atoms with van der Waals surface area (Å²) in [6, 6.07) is 2.69. The van der Waals surface area contributed by atoms with Crippen molar-refractivity contribution in [2.24, 2.45) is 7.05 Å². The van der Waals surface area contributed by atoms with Crippen molar-refractivity contribution >= 4 is 20.9 Å². The highest BCUT2D eigenvalue weighted by molar-refractivity contribution is 7.91. The fourth-order valence-corrected chi connectivity index (χ4v) is 4.92. The molecule has 1 N–H and O–H groups in total. The maximum Gasteiger partial charge on any atom is 0.431 e. The number of nitrogens with one attached hydrogen (secondary N) is 1. The molecule has 1 aliphatic carbocycles. The van der Waals surface area contributed by atoms with E-state index in [1.165, 1.54) is 37.7 Å². The van der Waals surface area contributed by atoms with Gasteiger partial charge in [0, 0.05) is 25.8 Å². The van der Waals surface area contributed by atoms with Gasteiger partial charge in [-0.05, 0) is 37.5 Å². The van der Waals surface area contributed by atoms with Gasteiger partial charge in [-0.25, -0.2) is 13.4 Å². The first kappa shape index (κ1) is 25.3. The molecule has 0 bridgehead atoms. The molecule has 1 saturated carbocycles. The second-order valence-electron chi connectivity index (χ2n) is 8.37. The summed E-state index contributed by atoms with van der Waals surface area (Å²) in [6.45, 7) is 3.17. The lowest BCUT2D eigenvalue weighted by Gasteiger charge is -2.14. The van der Waals surface area contributed by atoms with E-state index in [0.717, 1.165) is 18.9 Å². The Morgan fingerprint density at radius 2 is 1.94 bits per heavy atom. The summed E-state index contributed by atoms with van der Waals surface area (Å²) < 4.78 is 74.0. The number of aromatic nitrogens is 4. The predicted molar refractivity (Wildman–Crippen MR) is 122 cm³/mol. The molecule has 0 saturated heterocycles. The molecular weight excluding hydrogens is 487 g/mol. The Kier molecular flexibility index (Phi) is 6.77. The van der Waals surface area contributed by atoms with Gasteiger partial charge in [0.05, 0.1) is 29.5 Å². The summed E-state index contributed by atoms with van der Waals surface area (Å²) in [7, 11) is -2.34. The third-order valence-electron chi connectivity index (χ3n) is 5.90. The van der Waals surface area contributed by atoms with Crippen molar-refractivity contribution in [1.82, 2.24) is 24.4 Å². The molecule has 1 aliphatic rings. The third kappa shape index (κ3) is 4.98. The molecule has 0 unspecified atom stereocenters. The van der Waals surface area contributed by atoms with Crippen LogP contribution in [0.5, 0.6) is 0 Å². The molecule has 4 rings (SSSR count). The number of pyridine rings is 2. The Morgan fingerprint density at radius 3 is 2.54 bits per heavy atom. The number of alkyl halides is 3. The van der Waals surface area contributed by atoms with Crippen LogP contribution in [0, 0.1) is 0 Å². The summed E-state index contributed by atoms with van der Waals surface area (Å²) >= 11 is 0. The van der Waals surface area contributed by atoms with E-state index < -0.39 is 27.3 Å². The number of halogens is 3. The lowest BCUT2D eigenvalue weighted by Crippen LogP contribution is -2.28. The van der Waals surface area contributed by atoms with Gasteiger partial charge >= 0.3 is 6.18 Å². The molecule has 190 valence electrons. The van der Waals surface area contributed by atoms with Gasteiger partial charge in [-0.15, -0.1) is 0 Å². The van der Waals surface area contributed by atoms with Crippen molar-refractivity contribution in [3.8, 4) is 11.5 Å². The number of hydrogen-bond acceptors (Lipinski definition) is 7. The van der Waals surface area contributed by atoms with Crippen LogP contribution in [-0.4, -0.2) is 46.0 Å². The number of hydrogen-bond donors (Lipinski definition) is 1. The van der Waals surface area contributed by atoms with Gasteiger partial charge in [0.15, 0.2) is 15.7 Å². The smallest absolute Gasteiger partial charge is 0.362 e. The summed E-state index contributed by atoms with van der Waals surface area (Å²) in [5.74, 6) is -0.242. The molecule has 3 aromatic rings. The van der Waals surface area contributed by atoms with E-state index in [4.69, 9.17) is 4.74 Å². The molecule has 0 aliphatic heterocycles. The highest BCUT2D eigenvalue weighted by Gasteiger charge is 2.36. The fraction of sp³-hybridized carbons (Fsp3) is 0.500. The molecule has 3 aromatic heterocycles. The molecule has 0 radical (unpaired) electrons. The maximum atomic E-state index is 13.6. The maximum absolute atomic E-state index is 13.6. The van der Waals surface area contributed by atoms with Gasteiger partial charge in [0.25, 0.3) is 5.56 Å². The lowest BCUT2D eigenvalue weighted by molar-refractivity contribution is -0.144. The monoisotopic (exact) mass is 513 g/mol. The van der Waals surface area contributed by atoms with E-state index in [0.29, 0.717) is 22.9 Å². The Morgan fingerprint density at radius 1 is 1.23 bits per heavy atom. The molecule has 3 heterocycles. The van der Waals surface area contributed by atoms with Crippen molar-refractivity contribution < 1.29 is 26.3 Å². The predicted octanol–water partition coefficient (Wildman–Crippen LogP) is 2.86. The minimum Gasteiger partial charge on any atom is -0.362 e. The van der Waals surface area contributed by atoms with E-state index >= 15 is 0 Å². The van der Waals surface area contributed by atoms with Gasteiger partial charge in [-0.3, -0.25) is 15.1 Å². The molecule has 0 atom stereocenters. The average Bonchev–Trinajstić information content (AvgIpc) is 3.57. The van der Waals surface area contributed by atoms with Crippen LogP contribution >= 0.6 is 0 Å². The average molecular weight is 514 g/mol. The van der Waals surface area contributed by atoms with E-state index in [2.05, 4.69) is 15.3 Å². The normalized spacial score (nSPS) is 14.7. The first-order valence-electron chi connectivity index (χ1n) is 11.2. The van der Waals surface area contributed by atoms with Gasteiger partial charge in [0.2, 0.25) is 0 Å². The largest absolute Gasteiger partial charge is 0.431 e. The summed E-state index contributed by atoms with van der Waals surface area (Å²) in [6.07, 6.45) is -1.12. The standard InChI is InChI=1S/C22H26F3N5O4S/c1-4-30-17(22(23,24)25)9-15-19(21(30)31)29(3)20(28-15)18-16(35(32,33)5-2)8-13(10-26-18)11-34-12-27-14-6-7-14/h8-10,14,27H,4-7,11-12H2,1-3H3.